The summed E-state index contributed by atoms with van der Waals surface area (Å²) < 4.78 is 0.704. The zero-order chi connectivity index (χ0) is 13.1. The summed E-state index contributed by atoms with van der Waals surface area (Å²) in [6.07, 6.45) is 3.01. The fourth-order valence-corrected chi connectivity index (χ4v) is 1.87. The Morgan fingerprint density at radius 1 is 1.33 bits per heavy atom. The summed E-state index contributed by atoms with van der Waals surface area (Å²) in [6, 6.07) is 5.13. The fraction of sp³-hybridized carbons (Fsp3) is 0.0833. The van der Waals surface area contributed by atoms with Crippen LogP contribution < -0.4 is 5.32 Å². The smallest absolute Gasteiger partial charge is 0.258 e. The number of amides is 1. The second-order valence-electron chi connectivity index (χ2n) is 3.63. The van der Waals surface area contributed by atoms with Gasteiger partial charge in [0, 0.05) is 11.9 Å². The van der Waals surface area contributed by atoms with E-state index in [2.05, 4.69) is 31.2 Å². The van der Waals surface area contributed by atoms with Crippen LogP contribution in [0.15, 0.2) is 35.2 Å². The van der Waals surface area contributed by atoms with Gasteiger partial charge in [0.1, 0.15) is 4.60 Å². The molecule has 2 aromatic heterocycles. The van der Waals surface area contributed by atoms with E-state index in [1.54, 1.807) is 24.4 Å². The molecule has 0 atom stereocenters. The van der Waals surface area contributed by atoms with Gasteiger partial charge in [0.15, 0.2) is 0 Å². The largest absolute Gasteiger partial charge is 0.320 e. The Morgan fingerprint density at radius 3 is 2.72 bits per heavy atom. The molecule has 2 rings (SSSR count). The highest BCUT2D eigenvalue weighted by Crippen LogP contribution is 2.18. The van der Waals surface area contributed by atoms with Crippen molar-refractivity contribution in [3.05, 3.63) is 51.5 Å². The van der Waals surface area contributed by atoms with Crippen molar-refractivity contribution >= 4 is 39.1 Å². The van der Waals surface area contributed by atoms with Crippen molar-refractivity contribution < 1.29 is 4.79 Å². The molecule has 18 heavy (non-hydrogen) atoms. The Hall–Kier alpha value is -1.46. The summed E-state index contributed by atoms with van der Waals surface area (Å²) >= 11 is 9.21. The van der Waals surface area contributed by atoms with Crippen molar-refractivity contribution in [1.82, 2.24) is 9.97 Å². The highest BCUT2D eigenvalue weighted by atomic mass is 79.9. The van der Waals surface area contributed by atoms with E-state index in [0.717, 1.165) is 5.69 Å². The van der Waals surface area contributed by atoms with Gasteiger partial charge in [0.2, 0.25) is 0 Å². The third-order valence-electron chi connectivity index (χ3n) is 2.22. The second kappa shape index (κ2) is 5.46. The Balaban J connectivity index is 2.19. The van der Waals surface area contributed by atoms with Crippen molar-refractivity contribution in [2.45, 2.75) is 6.92 Å². The predicted molar refractivity (Wildman–Crippen MR) is 73.9 cm³/mol. The first-order valence-corrected chi connectivity index (χ1v) is 6.28. The third-order valence-corrected chi connectivity index (χ3v) is 3.00. The molecule has 0 saturated carbocycles. The summed E-state index contributed by atoms with van der Waals surface area (Å²) in [5, 5.41) is 3.08. The Labute approximate surface area is 118 Å². The third kappa shape index (κ3) is 3.05. The van der Waals surface area contributed by atoms with Gasteiger partial charge in [-0.05, 0) is 41.1 Å². The summed E-state index contributed by atoms with van der Waals surface area (Å²) in [4.78, 5) is 20.0. The van der Waals surface area contributed by atoms with Crippen molar-refractivity contribution in [2.24, 2.45) is 0 Å². The topological polar surface area (TPSA) is 54.9 Å². The molecule has 0 radical (unpaired) electrons. The van der Waals surface area contributed by atoms with E-state index in [9.17, 15) is 4.79 Å². The predicted octanol–water partition coefficient (Wildman–Crippen LogP) is 3.45. The second-order valence-corrected chi connectivity index (χ2v) is 4.85. The van der Waals surface area contributed by atoms with Crippen LogP contribution in [0.1, 0.15) is 16.1 Å². The van der Waals surface area contributed by atoms with Gasteiger partial charge in [0.25, 0.3) is 5.91 Å². The average Bonchev–Trinajstić information content (AvgIpc) is 2.32. The quantitative estimate of drug-likeness (QED) is 0.860. The number of halogens is 2. The summed E-state index contributed by atoms with van der Waals surface area (Å²) in [5.41, 5.74) is 1.70. The van der Waals surface area contributed by atoms with Gasteiger partial charge in [-0.25, -0.2) is 4.98 Å². The number of hydrogen-bond acceptors (Lipinski definition) is 3. The number of nitrogens with zero attached hydrogens (tertiary/aromatic N) is 2. The van der Waals surface area contributed by atoms with Crippen molar-refractivity contribution in [3.8, 4) is 0 Å². The first-order valence-electron chi connectivity index (χ1n) is 5.11. The van der Waals surface area contributed by atoms with Crippen LogP contribution in [-0.4, -0.2) is 15.9 Å². The maximum atomic E-state index is 12.0. The molecule has 92 valence electrons. The van der Waals surface area contributed by atoms with Crippen LogP contribution >= 0.6 is 27.5 Å². The number of hydrogen-bond donors (Lipinski definition) is 1. The van der Waals surface area contributed by atoms with Gasteiger partial charge in [-0.2, -0.15) is 0 Å². The van der Waals surface area contributed by atoms with Crippen LogP contribution in [0.4, 0.5) is 5.69 Å². The average molecular weight is 327 g/mol. The molecule has 0 aromatic carbocycles. The van der Waals surface area contributed by atoms with Gasteiger partial charge >= 0.3 is 0 Å². The molecular formula is C12H9BrClN3O. The van der Waals surface area contributed by atoms with Gasteiger partial charge < -0.3 is 5.32 Å². The van der Waals surface area contributed by atoms with E-state index >= 15 is 0 Å². The molecule has 0 unspecified atom stereocenters. The molecule has 4 nitrogen and oxygen atoms in total. The lowest BCUT2D eigenvalue weighted by molar-refractivity contribution is 0.102. The SMILES string of the molecule is Cc1cc(Cl)c(C(=O)Nc2ccc(Br)nc2)cn1. The summed E-state index contributed by atoms with van der Waals surface area (Å²) in [6.45, 7) is 1.81. The van der Waals surface area contributed by atoms with Crippen LogP contribution in [0.25, 0.3) is 0 Å². The van der Waals surface area contributed by atoms with E-state index in [-0.39, 0.29) is 5.91 Å². The van der Waals surface area contributed by atoms with Crippen molar-refractivity contribution in [3.63, 3.8) is 0 Å². The number of rotatable bonds is 2. The Kier molecular flexibility index (Phi) is 3.93. The van der Waals surface area contributed by atoms with E-state index in [0.29, 0.717) is 20.9 Å². The molecule has 2 aromatic rings. The lowest BCUT2D eigenvalue weighted by Crippen LogP contribution is -2.13. The molecule has 6 heteroatoms. The maximum absolute atomic E-state index is 12.0. The van der Waals surface area contributed by atoms with Crippen molar-refractivity contribution in [2.75, 3.05) is 5.32 Å². The summed E-state index contributed by atoms with van der Waals surface area (Å²) in [5.74, 6) is -0.309. The van der Waals surface area contributed by atoms with Crippen LogP contribution in [0.2, 0.25) is 5.02 Å². The molecule has 1 amide bonds. The minimum Gasteiger partial charge on any atom is -0.320 e. The van der Waals surface area contributed by atoms with Crippen LogP contribution in [0.5, 0.6) is 0 Å². The standard InChI is InChI=1S/C12H9BrClN3O/c1-7-4-10(14)9(6-15-7)12(18)17-8-2-3-11(13)16-5-8/h2-6H,1H3,(H,17,18). The number of carbonyl (C=O) groups is 1. The molecule has 0 bridgehead atoms. The molecule has 0 spiro atoms. The monoisotopic (exact) mass is 325 g/mol. The molecule has 0 aliphatic rings. The highest BCUT2D eigenvalue weighted by molar-refractivity contribution is 9.10. The van der Waals surface area contributed by atoms with E-state index < -0.39 is 0 Å². The van der Waals surface area contributed by atoms with E-state index in [1.807, 2.05) is 6.92 Å². The van der Waals surface area contributed by atoms with E-state index in [4.69, 9.17) is 11.6 Å². The maximum Gasteiger partial charge on any atom is 0.258 e. The Bertz CT molecular complexity index is 586. The molecule has 1 N–H and O–H groups in total. The normalized spacial score (nSPS) is 10.2. The van der Waals surface area contributed by atoms with Gasteiger partial charge in [-0.3, -0.25) is 9.78 Å². The zero-order valence-electron chi connectivity index (χ0n) is 9.45. The minimum atomic E-state index is -0.309. The number of aromatic nitrogens is 2. The van der Waals surface area contributed by atoms with Crippen LogP contribution in [0, 0.1) is 6.92 Å². The first kappa shape index (κ1) is 13.0. The van der Waals surface area contributed by atoms with Gasteiger partial charge in [0.05, 0.1) is 22.5 Å². The number of carbonyl (C=O) groups excluding carboxylic acids is 1. The molecule has 0 aliphatic heterocycles. The van der Waals surface area contributed by atoms with Gasteiger partial charge in [-0.15, -0.1) is 0 Å². The number of nitrogens with one attached hydrogen (secondary N) is 1. The fourth-order valence-electron chi connectivity index (χ4n) is 1.34. The molecular weight excluding hydrogens is 318 g/mol. The van der Waals surface area contributed by atoms with Crippen LogP contribution in [-0.2, 0) is 0 Å². The number of pyridine rings is 2. The highest BCUT2D eigenvalue weighted by Gasteiger charge is 2.11. The zero-order valence-corrected chi connectivity index (χ0v) is 11.8. The van der Waals surface area contributed by atoms with E-state index in [1.165, 1.54) is 6.20 Å². The number of anilines is 1. The minimum absolute atomic E-state index is 0.309. The molecule has 0 fully saturated rings. The number of aryl methyl sites for hydroxylation is 1. The van der Waals surface area contributed by atoms with Crippen molar-refractivity contribution in [1.29, 1.82) is 0 Å². The Morgan fingerprint density at radius 2 is 2.11 bits per heavy atom. The lowest BCUT2D eigenvalue weighted by atomic mass is 10.2. The lowest BCUT2D eigenvalue weighted by Gasteiger charge is -2.06. The van der Waals surface area contributed by atoms with Gasteiger partial charge in [-0.1, -0.05) is 11.6 Å². The van der Waals surface area contributed by atoms with Crippen LogP contribution in [0.3, 0.4) is 0 Å². The summed E-state index contributed by atoms with van der Waals surface area (Å²) in [7, 11) is 0. The first-order chi connectivity index (χ1) is 8.56. The molecule has 0 aliphatic carbocycles. The molecule has 0 saturated heterocycles. The molecule has 2 heterocycles.